The van der Waals surface area contributed by atoms with E-state index >= 15 is 0 Å². The highest BCUT2D eigenvalue weighted by molar-refractivity contribution is 7.92. The number of rotatable bonds is 6. The largest absolute Gasteiger partial charge is 0.490 e. The van der Waals surface area contributed by atoms with Gasteiger partial charge in [0.05, 0.1) is 12.2 Å². The second-order valence-electron chi connectivity index (χ2n) is 6.88. The number of carboxylic acids is 1. The summed E-state index contributed by atoms with van der Waals surface area (Å²) in [7, 11) is -3.35. The van der Waals surface area contributed by atoms with Crippen LogP contribution in [0, 0.1) is 5.92 Å². The number of benzene rings is 1. The number of amides is 2. The second kappa shape index (κ2) is 11.5. The number of halogens is 3. The van der Waals surface area contributed by atoms with Crippen LogP contribution in [-0.2, 0) is 19.6 Å². The molecule has 0 spiro atoms. The molecule has 0 aromatic heterocycles. The van der Waals surface area contributed by atoms with Gasteiger partial charge in [-0.3, -0.25) is 14.3 Å². The maximum atomic E-state index is 12.6. The summed E-state index contributed by atoms with van der Waals surface area (Å²) in [6.07, 6.45) is -0.872. The maximum absolute atomic E-state index is 12.6. The Morgan fingerprint density at radius 2 is 1.81 bits per heavy atom. The highest BCUT2D eigenvalue weighted by Crippen LogP contribution is 2.20. The molecule has 1 aliphatic heterocycles. The van der Waals surface area contributed by atoms with Crippen molar-refractivity contribution in [3.63, 3.8) is 0 Å². The number of hydrogen-bond donors (Lipinski definition) is 3. The SMILES string of the molecule is C=CCNC(=O)C1CCCN(C(=O)c2ccc(NS(C)(=O)=O)cc2)C1.O=C(O)C(F)(F)F. The molecule has 1 unspecified atom stereocenters. The topological polar surface area (TPSA) is 133 Å². The summed E-state index contributed by atoms with van der Waals surface area (Å²) in [5.41, 5.74) is 0.866. The Labute approximate surface area is 183 Å². The number of carbonyl (C=O) groups excluding carboxylic acids is 2. The van der Waals surface area contributed by atoms with Crippen molar-refractivity contribution in [2.24, 2.45) is 5.92 Å². The molecule has 1 aromatic carbocycles. The number of likely N-dealkylation sites (tertiary alicyclic amines) is 1. The summed E-state index contributed by atoms with van der Waals surface area (Å²) in [6, 6.07) is 6.26. The van der Waals surface area contributed by atoms with E-state index in [0.717, 1.165) is 19.1 Å². The van der Waals surface area contributed by atoms with E-state index in [1.54, 1.807) is 35.2 Å². The second-order valence-corrected chi connectivity index (χ2v) is 8.63. The Balaban J connectivity index is 0.000000633. The zero-order valence-electron chi connectivity index (χ0n) is 17.2. The molecule has 178 valence electrons. The molecule has 1 atom stereocenters. The van der Waals surface area contributed by atoms with E-state index in [0.29, 0.717) is 30.9 Å². The van der Waals surface area contributed by atoms with Crippen molar-refractivity contribution in [1.82, 2.24) is 10.2 Å². The van der Waals surface area contributed by atoms with E-state index in [9.17, 15) is 31.2 Å². The van der Waals surface area contributed by atoms with Crippen molar-refractivity contribution in [1.29, 1.82) is 0 Å². The van der Waals surface area contributed by atoms with E-state index in [1.807, 2.05) is 0 Å². The Hall–Kier alpha value is -3.09. The van der Waals surface area contributed by atoms with Crippen molar-refractivity contribution >= 4 is 33.5 Å². The predicted octanol–water partition coefficient (Wildman–Crippen LogP) is 1.85. The molecule has 1 aliphatic rings. The first kappa shape index (κ1) is 26.9. The predicted molar refractivity (Wildman–Crippen MR) is 110 cm³/mol. The van der Waals surface area contributed by atoms with E-state index < -0.39 is 22.2 Å². The molecule has 32 heavy (non-hydrogen) atoms. The van der Waals surface area contributed by atoms with E-state index in [1.165, 1.54) is 0 Å². The van der Waals surface area contributed by atoms with Gasteiger partial charge in [-0.05, 0) is 37.1 Å². The number of carbonyl (C=O) groups is 3. The van der Waals surface area contributed by atoms with Crippen LogP contribution in [0.2, 0.25) is 0 Å². The molecule has 0 aliphatic carbocycles. The van der Waals surface area contributed by atoms with Crippen LogP contribution in [0.1, 0.15) is 23.2 Å². The number of alkyl halides is 3. The van der Waals surface area contributed by atoms with Crippen LogP contribution in [0.3, 0.4) is 0 Å². The lowest BCUT2D eigenvalue weighted by Crippen LogP contribution is -2.45. The Kier molecular flexibility index (Phi) is 9.69. The van der Waals surface area contributed by atoms with Crippen molar-refractivity contribution in [3.05, 3.63) is 42.5 Å². The van der Waals surface area contributed by atoms with Gasteiger partial charge < -0.3 is 15.3 Å². The quantitative estimate of drug-likeness (QED) is 0.534. The summed E-state index contributed by atoms with van der Waals surface area (Å²) in [6.45, 7) is 4.97. The zero-order valence-corrected chi connectivity index (χ0v) is 18.0. The highest BCUT2D eigenvalue weighted by Gasteiger charge is 2.38. The lowest BCUT2D eigenvalue weighted by molar-refractivity contribution is -0.192. The number of hydrogen-bond acceptors (Lipinski definition) is 5. The Morgan fingerprint density at radius 3 is 2.28 bits per heavy atom. The minimum Gasteiger partial charge on any atom is -0.475 e. The highest BCUT2D eigenvalue weighted by atomic mass is 32.2. The number of carboxylic acid groups (broad SMARTS) is 1. The molecule has 0 saturated carbocycles. The summed E-state index contributed by atoms with van der Waals surface area (Å²) in [5, 5.41) is 9.90. The molecule has 0 radical (unpaired) electrons. The third kappa shape index (κ3) is 9.37. The standard InChI is InChI=1S/C17H23N3O4S.C2HF3O2/c1-3-10-18-16(21)14-5-4-11-20(12-14)17(22)13-6-8-15(9-7-13)19-25(2,23)24;3-2(4,5)1(6)7/h3,6-9,14,19H,1,4-5,10-12H2,2H3,(H,18,21);(H,6,7). The van der Waals surface area contributed by atoms with Gasteiger partial charge in [-0.2, -0.15) is 13.2 Å². The minimum atomic E-state index is -5.08. The lowest BCUT2D eigenvalue weighted by atomic mass is 9.96. The van der Waals surface area contributed by atoms with Crippen molar-refractivity contribution in [2.45, 2.75) is 19.0 Å². The van der Waals surface area contributed by atoms with E-state index in [4.69, 9.17) is 9.90 Å². The van der Waals surface area contributed by atoms with Gasteiger partial charge in [-0.1, -0.05) is 6.08 Å². The monoisotopic (exact) mass is 479 g/mol. The molecule has 1 saturated heterocycles. The van der Waals surface area contributed by atoms with Crippen molar-refractivity contribution < 1.29 is 41.1 Å². The molecule has 9 nitrogen and oxygen atoms in total. The van der Waals surface area contributed by atoms with Gasteiger partial charge in [0.1, 0.15) is 0 Å². The van der Waals surface area contributed by atoms with Crippen LogP contribution >= 0.6 is 0 Å². The van der Waals surface area contributed by atoms with Gasteiger partial charge in [-0.25, -0.2) is 13.2 Å². The summed E-state index contributed by atoms with van der Waals surface area (Å²) in [4.78, 5) is 35.3. The third-order valence-corrected chi connectivity index (χ3v) is 4.78. The number of nitrogens with one attached hydrogen (secondary N) is 2. The first-order valence-electron chi connectivity index (χ1n) is 9.30. The first-order valence-corrected chi connectivity index (χ1v) is 11.2. The molecule has 13 heteroatoms. The van der Waals surface area contributed by atoms with Gasteiger partial charge in [0.2, 0.25) is 15.9 Å². The Morgan fingerprint density at radius 1 is 1.25 bits per heavy atom. The smallest absolute Gasteiger partial charge is 0.475 e. The molecule has 0 bridgehead atoms. The Bertz CT molecular complexity index is 933. The first-order chi connectivity index (χ1) is 14.7. The van der Waals surface area contributed by atoms with Crippen molar-refractivity contribution in [3.8, 4) is 0 Å². The lowest BCUT2D eigenvalue weighted by Gasteiger charge is -2.32. The van der Waals surface area contributed by atoms with Gasteiger partial charge in [0.15, 0.2) is 0 Å². The number of piperidine rings is 1. The number of nitrogens with zero attached hydrogens (tertiary/aromatic N) is 1. The zero-order chi connectivity index (χ0) is 24.5. The van der Waals surface area contributed by atoms with Crippen LogP contribution < -0.4 is 10.0 Å². The molecule has 2 amide bonds. The fourth-order valence-electron chi connectivity index (χ4n) is 2.77. The normalized spacial score (nSPS) is 16.2. The van der Waals surface area contributed by atoms with Gasteiger partial charge in [-0.15, -0.1) is 6.58 Å². The van der Waals surface area contributed by atoms with Gasteiger partial charge >= 0.3 is 12.1 Å². The molecule has 1 aromatic rings. The number of sulfonamides is 1. The van der Waals surface area contributed by atoms with Crippen LogP contribution in [0.5, 0.6) is 0 Å². The average molecular weight is 479 g/mol. The molecule has 2 rings (SSSR count). The molecule has 1 heterocycles. The van der Waals surface area contributed by atoms with Crippen LogP contribution in [0.15, 0.2) is 36.9 Å². The molecular formula is C19H24F3N3O6S. The van der Waals surface area contributed by atoms with Crippen molar-refractivity contribution in [2.75, 3.05) is 30.6 Å². The molecular weight excluding hydrogens is 455 g/mol. The molecule has 3 N–H and O–H groups in total. The maximum Gasteiger partial charge on any atom is 0.490 e. The summed E-state index contributed by atoms with van der Waals surface area (Å²) < 4.78 is 56.5. The number of aliphatic carboxylic acids is 1. The fourth-order valence-corrected chi connectivity index (χ4v) is 3.33. The average Bonchev–Trinajstić information content (AvgIpc) is 2.70. The van der Waals surface area contributed by atoms with Crippen LogP contribution in [0.25, 0.3) is 0 Å². The summed E-state index contributed by atoms with van der Waals surface area (Å²) in [5.74, 6) is -3.20. The summed E-state index contributed by atoms with van der Waals surface area (Å²) >= 11 is 0. The van der Waals surface area contributed by atoms with E-state index in [-0.39, 0.29) is 17.7 Å². The number of anilines is 1. The fraction of sp³-hybridized carbons (Fsp3) is 0.421. The van der Waals surface area contributed by atoms with Gasteiger partial charge in [0.25, 0.3) is 5.91 Å². The van der Waals surface area contributed by atoms with E-state index in [2.05, 4.69) is 16.6 Å². The van der Waals surface area contributed by atoms with Crippen LogP contribution in [0.4, 0.5) is 18.9 Å². The third-order valence-electron chi connectivity index (χ3n) is 4.18. The minimum absolute atomic E-state index is 0.0647. The van der Waals surface area contributed by atoms with Gasteiger partial charge in [0, 0.05) is 30.9 Å². The van der Waals surface area contributed by atoms with Crippen LogP contribution in [-0.4, -0.2) is 68.3 Å². The molecule has 1 fully saturated rings.